The van der Waals surface area contributed by atoms with Crippen LogP contribution in [0.5, 0.6) is 0 Å². The van der Waals surface area contributed by atoms with Crippen LogP contribution in [-0.2, 0) is 6.42 Å². The highest BCUT2D eigenvalue weighted by Gasteiger charge is 2.63. The zero-order valence-corrected chi connectivity index (χ0v) is 10.7. The van der Waals surface area contributed by atoms with E-state index >= 15 is 0 Å². The fourth-order valence-corrected chi connectivity index (χ4v) is 2.89. The van der Waals surface area contributed by atoms with Crippen LogP contribution in [0.25, 0.3) is 0 Å². The third-order valence-electron chi connectivity index (χ3n) is 3.24. The molecule has 0 bridgehead atoms. The molecule has 1 nitrogen and oxygen atoms in total. The van der Waals surface area contributed by atoms with E-state index < -0.39 is 11.7 Å². The zero-order valence-electron chi connectivity index (χ0n) is 9.90. The average Bonchev–Trinajstić information content (AvgIpc) is 2.88. The third kappa shape index (κ3) is 2.50. The van der Waals surface area contributed by atoms with Gasteiger partial charge < -0.3 is 0 Å². The van der Waals surface area contributed by atoms with Crippen molar-refractivity contribution < 1.29 is 13.2 Å². The summed E-state index contributed by atoms with van der Waals surface area (Å²) in [6, 6.07) is 3.68. The Bertz CT molecular complexity index is 393. The van der Waals surface area contributed by atoms with Crippen molar-refractivity contribution in [2.75, 3.05) is 0 Å². The summed E-state index contributed by atoms with van der Waals surface area (Å²) in [6.45, 7) is 3.85. The van der Waals surface area contributed by atoms with Crippen LogP contribution in [0.3, 0.4) is 0 Å². The van der Waals surface area contributed by atoms with Crippen molar-refractivity contribution in [3.8, 4) is 0 Å². The molecule has 1 aromatic heterocycles. The van der Waals surface area contributed by atoms with Gasteiger partial charge in [0.05, 0.1) is 0 Å². The number of hydrogen-bond donors (Lipinski definition) is 1. The van der Waals surface area contributed by atoms with Gasteiger partial charge in [0.15, 0.2) is 0 Å². The molecule has 5 heteroatoms. The summed E-state index contributed by atoms with van der Waals surface area (Å²) in [7, 11) is 0. The van der Waals surface area contributed by atoms with E-state index in [1.807, 2.05) is 19.1 Å². The molecule has 1 saturated carbocycles. The number of thiophene rings is 1. The molecular formula is C12H16F3NS. The monoisotopic (exact) mass is 263 g/mol. The van der Waals surface area contributed by atoms with Crippen LogP contribution in [-0.4, -0.2) is 11.7 Å². The molecule has 0 aliphatic heterocycles. The average molecular weight is 263 g/mol. The van der Waals surface area contributed by atoms with Crippen LogP contribution >= 0.6 is 11.3 Å². The van der Waals surface area contributed by atoms with Gasteiger partial charge in [-0.15, -0.1) is 11.3 Å². The summed E-state index contributed by atoms with van der Waals surface area (Å²) in [6.07, 6.45) is -2.80. The maximum absolute atomic E-state index is 12.8. The molecule has 1 aliphatic carbocycles. The van der Waals surface area contributed by atoms with E-state index in [1.165, 1.54) is 4.88 Å². The van der Waals surface area contributed by atoms with Gasteiger partial charge >= 0.3 is 6.18 Å². The Hall–Kier alpha value is -0.550. The van der Waals surface area contributed by atoms with Crippen LogP contribution in [0.2, 0.25) is 0 Å². The molecule has 17 heavy (non-hydrogen) atoms. The van der Waals surface area contributed by atoms with Crippen molar-refractivity contribution in [2.45, 2.75) is 50.9 Å². The first-order valence-electron chi connectivity index (χ1n) is 5.81. The van der Waals surface area contributed by atoms with Crippen LogP contribution in [0, 0.1) is 0 Å². The van der Waals surface area contributed by atoms with E-state index in [0.29, 0.717) is 0 Å². The summed E-state index contributed by atoms with van der Waals surface area (Å²) in [5, 5.41) is 2.75. The smallest absolute Gasteiger partial charge is 0.296 e. The van der Waals surface area contributed by atoms with Gasteiger partial charge in [-0.3, -0.25) is 5.32 Å². The number of alkyl halides is 3. The molecule has 1 unspecified atom stereocenters. The molecule has 0 amide bonds. The van der Waals surface area contributed by atoms with E-state index in [0.717, 1.165) is 11.3 Å². The molecule has 0 aromatic carbocycles. The Kier molecular flexibility index (Phi) is 3.25. The van der Waals surface area contributed by atoms with Gasteiger partial charge in [0.1, 0.15) is 5.54 Å². The lowest BCUT2D eigenvalue weighted by molar-refractivity contribution is -0.167. The lowest BCUT2D eigenvalue weighted by Crippen LogP contribution is -2.45. The lowest BCUT2D eigenvalue weighted by Gasteiger charge is -2.24. The molecule has 1 heterocycles. The van der Waals surface area contributed by atoms with Crippen LogP contribution < -0.4 is 5.32 Å². The van der Waals surface area contributed by atoms with E-state index in [2.05, 4.69) is 5.32 Å². The van der Waals surface area contributed by atoms with Crippen LogP contribution in [0.4, 0.5) is 13.2 Å². The number of halogens is 3. The molecule has 1 N–H and O–H groups in total. The highest BCUT2D eigenvalue weighted by Crippen LogP contribution is 2.50. The Labute approximate surface area is 103 Å². The fraction of sp³-hybridized carbons (Fsp3) is 0.667. The minimum absolute atomic E-state index is 0.201. The summed E-state index contributed by atoms with van der Waals surface area (Å²) in [5.74, 6) is 0. The maximum atomic E-state index is 12.8. The molecule has 1 fully saturated rings. The van der Waals surface area contributed by atoms with Crippen molar-refractivity contribution in [1.29, 1.82) is 0 Å². The van der Waals surface area contributed by atoms with Crippen molar-refractivity contribution in [3.05, 3.63) is 21.9 Å². The van der Waals surface area contributed by atoms with E-state index in [4.69, 9.17) is 0 Å². The van der Waals surface area contributed by atoms with Gasteiger partial charge in [-0.2, -0.15) is 13.2 Å². The molecule has 0 radical (unpaired) electrons. The van der Waals surface area contributed by atoms with Gasteiger partial charge in [-0.1, -0.05) is 6.92 Å². The summed E-state index contributed by atoms with van der Waals surface area (Å²) in [4.78, 5) is 2.20. The molecule has 0 saturated heterocycles. The van der Waals surface area contributed by atoms with Crippen molar-refractivity contribution in [1.82, 2.24) is 5.32 Å². The topological polar surface area (TPSA) is 12.0 Å². The summed E-state index contributed by atoms with van der Waals surface area (Å²) >= 11 is 1.59. The first kappa shape index (κ1) is 12.9. The van der Waals surface area contributed by atoms with Crippen LogP contribution in [0.1, 0.15) is 42.5 Å². The molecular weight excluding hydrogens is 247 g/mol. The second-order valence-electron chi connectivity index (χ2n) is 4.60. The van der Waals surface area contributed by atoms with Gasteiger partial charge in [0.25, 0.3) is 0 Å². The molecule has 1 aromatic rings. The third-order valence-corrected chi connectivity index (χ3v) is 4.66. The van der Waals surface area contributed by atoms with E-state index in [-0.39, 0.29) is 18.9 Å². The quantitative estimate of drug-likeness (QED) is 0.864. The van der Waals surface area contributed by atoms with E-state index in [9.17, 15) is 13.2 Å². The first-order valence-corrected chi connectivity index (χ1v) is 6.62. The number of aryl methyl sites for hydroxylation is 1. The predicted octanol–water partition coefficient (Wildman–Crippen LogP) is 4.06. The number of rotatable bonds is 4. The highest BCUT2D eigenvalue weighted by atomic mass is 32.1. The SMILES string of the molecule is CCc1ccc(C(C)NC2(C(F)(F)F)CC2)s1. The summed E-state index contributed by atoms with van der Waals surface area (Å²) in [5.41, 5.74) is -1.62. The van der Waals surface area contributed by atoms with Crippen LogP contribution in [0.15, 0.2) is 12.1 Å². The Morgan fingerprint density at radius 1 is 1.41 bits per heavy atom. The van der Waals surface area contributed by atoms with Gasteiger partial charge in [0.2, 0.25) is 0 Å². The predicted molar refractivity (Wildman–Crippen MR) is 63.3 cm³/mol. The van der Waals surface area contributed by atoms with Crippen molar-refractivity contribution >= 4 is 11.3 Å². The zero-order chi connectivity index (χ0) is 12.7. The van der Waals surface area contributed by atoms with Gasteiger partial charge in [-0.25, -0.2) is 0 Å². The standard InChI is InChI=1S/C12H16F3NS/c1-3-9-4-5-10(17-9)8(2)16-11(6-7-11)12(13,14)15/h4-5,8,16H,3,6-7H2,1-2H3. The van der Waals surface area contributed by atoms with E-state index in [1.54, 1.807) is 18.3 Å². The Balaban J connectivity index is 2.04. The second kappa shape index (κ2) is 4.28. The first-order chi connectivity index (χ1) is 7.88. The molecule has 0 spiro atoms. The lowest BCUT2D eigenvalue weighted by atomic mass is 10.2. The molecule has 2 rings (SSSR count). The fourth-order valence-electron chi connectivity index (χ4n) is 1.94. The molecule has 1 atom stereocenters. The molecule has 96 valence electrons. The normalized spacial score (nSPS) is 20.3. The minimum atomic E-state index is -4.13. The molecule has 1 aliphatic rings. The largest absolute Gasteiger partial charge is 0.406 e. The Morgan fingerprint density at radius 2 is 2.06 bits per heavy atom. The minimum Gasteiger partial charge on any atom is -0.296 e. The van der Waals surface area contributed by atoms with Gasteiger partial charge in [0, 0.05) is 15.8 Å². The highest BCUT2D eigenvalue weighted by molar-refractivity contribution is 7.12. The number of nitrogens with one attached hydrogen (secondary N) is 1. The second-order valence-corrected chi connectivity index (χ2v) is 5.80. The van der Waals surface area contributed by atoms with Gasteiger partial charge in [-0.05, 0) is 38.3 Å². The number of hydrogen-bond acceptors (Lipinski definition) is 2. The summed E-state index contributed by atoms with van der Waals surface area (Å²) < 4.78 is 38.4. The maximum Gasteiger partial charge on any atom is 0.406 e. The van der Waals surface area contributed by atoms with Crippen molar-refractivity contribution in [2.24, 2.45) is 0 Å². The van der Waals surface area contributed by atoms with Crippen molar-refractivity contribution in [3.63, 3.8) is 0 Å². The Morgan fingerprint density at radius 3 is 2.47 bits per heavy atom.